The number of benzene rings is 1. The van der Waals surface area contributed by atoms with Gasteiger partial charge in [-0.05, 0) is 45.5 Å². The van der Waals surface area contributed by atoms with Crippen molar-refractivity contribution in [1.29, 1.82) is 0 Å². The fourth-order valence-electron chi connectivity index (χ4n) is 4.76. The van der Waals surface area contributed by atoms with E-state index in [1.807, 2.05) is 29.9 Å². The zero-order valence-corrected chi connectivity index (χ0v) is 13.7. The zero-order valence-electron chi connectivity index (χ0n) is 13.7. The molecular weight excluding hydrogens is 278 g/mol. The van der Waals surface area contributed by atoms with E-state index in [4.69, 9.17) is 0 Å². The van der Waals surface area contributed by atoms with Crippen LogP contribution < -0.4 is 5.32 Å². The smallest absolute Gasteiger partial charge is 0.377 e. The van der Waals surface area contributed by atoms with E-state index in [1.165, 1.54) is 5.56 Å². The van der Waals surface area contributed by atoms with Crippen LogP contribution in [0.4, 0.5) is 4.39 Å². The summed E-state index contributed by atoms with van der Waals surface area (Å²) in [7, 11) is -0.606. The lowest BCUT2D eigenvalue weighted by Gasteiger charge is -2.54. The topological polar surface area (TPSA) is 35.5 Å². The van der Waals surface area contributed by atoms with Crippen LogP contribution in [0.5, 0.6) is 0 Å². The highest BCUT2D eigenvalue weighted by atomic mass is 19.1. The summed E-state index contributed by atoms with van der Waals surface area (Å²) in [5, 5.41) is 13.6. The summed E-state index contributed by atoms with van der Waals surface area (Å²) in [6.07, 6.45) is 1.51. The fraction of sp³-hybridized carbons (Fsp3) is 0.647. The van der Waals surface area contributed by atoms with Crippen LogP contribution >= 0.6 is 0 Å². The molecule has 0 saturated carbocycles. The molecule has 2 aliphatic heterocycles. The van der Waals surface area contributed by atoms with Crippen molar-refractivity contribution in [3.05, 3.63) is 35.9 Å². The standard InChI is InChI=1S/C17H26BFN2O/c1-16-9-10-17(2,21(16)18(3)22)15(19)14(11-16)20-12-13-7-5-4-6-8-13/h4-8,14-15,20,22H,9-12H2,1-3H3/t14-,15-,16-,17+/m1/s1. The van der Waals surface area contributed by atoms with Crippen molar-refractivity contribution in [2.24, 2.45) is 0 Å². The van der Waals surface area contributed by atoms with Gasteiger partial charge in [0.1, 0.15) is 6.17 Å². The van der Waals surface area contributed by atoms with Gasteiger partial charge >= 0.3 is 7.05 Å². The van der Waals surface area contributed by atoms with E-state index >= 15 is 4.39 Å². The molecule has 0 radical (unpaired) electrons. The van der Waals surface area contributed by atoms with Crippen LogP contribution in [-0.2, 0) is 6.54 Å². The van der Waals surface area contributed by atoms with Crippen molar-refractivity contribution in [3.8, 4) is 0 Å². The molecule has 3 rings (SSSR count). The van der Waals surface area contributed by atoms with Gasteiger partial charge in [0, 0.05) is 23.7 Å². The molecule has 5 heteroatoms. The Labute approximate surface area is 133 Å². The zero-order chi connectivity index (χ0) is 16.0. The van der Waals surface area contributed by atoms with Crippen LogP contribution in [-0.4, -0.2) is 40.2 Å². The number of halogens is 1. The molecule has 0 spiro atoms. The quantitative estimate of drug-likeness (QED) is 0.839. The van der Waals surface area contributed by atoms with Crippen LogP contribution in [0.25, 0.3) is 0 Å². The maximum atomic E-state index is 15.2. The third kappa shape index (κ3) is 2.49. The Kier molecular flexibility index (Phi) is 4.08. The number of alkyl halides is 1. The molecule has 22 heavy (non-hydrogen) atoms. The molecule has 2 bridgehead atoms. The Morgan fingerprint density at radius 3 is 2.64 bits per heavy atom. The molecule has 3 nitrogen and oxygen atoms in total. The van der Waals surface area contributed by atoms with E-state index in [2.05, 4.69) is 24.4 Å². The van der Waals surface area contributed by atoms with Crippen molar-refractivity contribution in [1.82, 2.24) is 10.1 Å². The third-order valence-electron chi connectivity index (χ3n) is 5.69. The van der Waals surface area contributed by atoms with Crippen molar-refractivity contribution in [2.75, 3.05) is 0 Å². The number of hydrogen-bond acceptors (Lipinski definition) is 3. The van der Waals surface area contributed by atoms with Crippen LogP contribution in [0, 0.1) is 0 Å². The second-order valence-corrected chi connectivity index (χ2v) is 7.43. The first-order valence-electron chi connectivity index (χ1n) is 8.26. The minimum Gasteiger partial charge on any atom is -0.437 e. The van der Waals surface area contributed by atoms with Gasteiger partial charge in [0.05, 0.1) is 0 Å². The summed E-state index contributed by atoms with van der Waals surface area (Å²) in [6, 6.07) is 9.96. The number of nitrogens with zero attached hydrogens (tertiary/aromatic N) is 1. The lowest BCUT2D eigenvalue weighted by atomic mass is 9.69. The Hall–Kier alpha value is -0.905. The van der Waals surface area contributed by atoms with E-state index < -0.39 is 18.8 Å². The number of piperidine rings is 1. The van der Waals surface area contributed by atoms with Gasteiger partial charge in [0.15, 0.2) is 0 Å². The maximum Gasteiger partial charge on any atom is 0.377 e. The van der Waals surface area contributed by atoms with Gasteiger partial charge in [0.2, 0.25) is 0 Å². The fourth-order valence-corrected chi connectivity index (χ4v) is 4.76. The first kappa shape index (κ1) is 16.0. The van der Waals surface area contributed by atoms with E-state index in [9.17, 15) is 5.02 Å². The highest BCUT2D eigenvalue weighted by Crippen LogP contribution is 2.51. The van der Waals surface area contributed by atoms with Gasteiger partial charge in [-0.25, -0.2) is 4.39 Å². The first-order chi connectivity index (χ1) is 10.4. The molecule has 0 aromatic heterocycles. The van der Waals surface area contributed by atoms with Crippen molar-refractivity contribution < 1.29 is 9.41 Å². The predicted octanol–water partition coefficient (Wildman–Crippen LogP) is 2.61. The van der Waals surface area contributed by atoms with Crippen LogP contribution in [0.15, 0.2) is 30.3 Å². The normalized spacial score (nSPS) is 38.2. The SMILES string of the molecule is CB(O)N1[C@]2(C)CC[C@@]1(C)[C@H](F)[C@H](NCc1ccccc1)C2. The van der Waals surface area contributed by atoms with Crippen LogP contribution in [0.1, 0.15) is 38.7 Å². The summed E-state index contributed by atoms with van der Waals surface area (Å²) in [5.41, 5.74) is 0.477. The molecule has 2 N–H and O–H groups in total. The Balaban J connectivity index is 1.76. The lowest BCUT2D eigenvalue weighted by molar-refractivity contribution is -0.0160. The minimum atomic E-state index is -0.971. The van der Waals surface area contributed by atoms with Crippen LogP contribution in [0.3, 0.4) is 0 Å². The Bertz CT molecular complexity index is 529. The number of fused-ring (bicyclic) bond motifs is 2. The van der Waals surface area contributed by atoms with E-state index in [1.54, 1.807) is 6.82 Å². The number of hydrogen-bond donors (Lipinski definition) is 2. The number of nitrogens with one attached hydrogen (secondary N) is 1. The minimum absolute atomic E-state index is 0.125. The predicted molar refractivity (Wildman–Crippen MR) is 88.3 cm³/mol. The van der Waals surface area contributed by atoms with Gasteiger partial charge in [-0.15, -0.1) is 0 Å². The molecule has 1 aromatic carbocycles. The van der Waals surface area contributed by atoms with Gasteiger partial charge in [-0.1, -0.05) is 30.3 Å². The van der Waals surface area contributed by atoms with Crippen LogP contribution in [0.2, 0.25) is 6.82 Å². The van der Waals surface area contributed by atoms with E-state index in [-0.39, 0.29) is 11.6 Å². The molecule has 0 amide bonds. The average Bonchev–Trinajstić information content (AvgIpc) is 2.71. The molecule has 2 saturated heterocycles. The Morgan fingerprint density at radius 2 is 2.00 bits per heavy atom. The van der Waals surface area contributed by atoms with E-state index in [0.717, 1.165) is 19.3 Å². The summed E-state index contributed by atoms with van der Waals surface area (Å²) < 4.78 is 15.2. The van der Waals surface area contributed by atoms with Crippen molar-refractivity contribution >= 4 is 7.05 Å². The molecule has 1 aromatic rings. The molecule has 120 valence electrons. The van der Waals surface area contributed by atoms with Crippen molar-refractivity contribution in [2.45, 2.75) is 69.8 Å². The summed E-state index contributed by atoms with van der Waals surface area (Å²) in [6.45, 7) is 6.57. The second-order valence-electron chi connectivity index (χ2n) is 7.43. The molecule has 2 heterocycles. The molecule has 2 fully saturated rings. The maximum absolute atomic E-state index is 15.2. The number of rotatable bonds is 4. The van der Waals surface area contributed by atoms with Gasteiger partial charge in [0.25, 0.3) is 0 Å². The third-order valence-corrected chi connectivity index (χ3v) is 5.69. The molecular formula is C17H26BFN2O. The van der Waals surface area contributed by atoms with Crippen molar-refractivity contribution in [3.63, 3.8) is 0 Å². The first-order valence-corrected chi connectivity index (χ1v) is 8.26. The largest absolute Gasteiger partial charge is 0.437 e. The Morgan fingerprint density at radius 1 is 1.32 bits per heavy atom. The molecule has 4 atom stereocenters. The molecule has 0 unspecified atom stereocenters. The monoisotopic (exact) mass is 304 g/mol. The summed E-state index contributed by atoms with van der Waals surface area (Å²) in [5.74, 6) is 0. The van der Waals surface area contributed by atoms with Gasteiger partial charge < -0.3 is 15.2 Å². The second kappa shape index (κ2) is 5.62. The summed E-state index contributed by atoms with van der Waals surface area (Å²) in [4.78, 5) is 2.01. The lowest BCUT2D eigenvalue weighted by Crippen LogP contribution is -2.70. The highest BCUT2D eigenvalue weighted by Gasteiger charge is 2.62. The molecule has 2 aliphatic rings. The highest BCUT2D eigenvalue weighted by molar-refractivity contribution is 6.46. The van der Waals surface area contributed by atoms with E-state index in [0.29, 0.717) is 6.54 Å². The average molecular weight is 304 g/mol. The summed E-state index contributed by atoms with van der Waals surface area (Å²) >= 11 is 0. The van der Waals surface area contributed by atoms with Gasteiger partial charge in [-0.3, -0.25) is 0 Å². The molecule has 0 aliphatic carbocycles. The van der Waals surface area contributed by atoms with Gasteiger partial charge in [-0.2, -0.15) is 0 Å².